The highest BCUT2D eigenvalue weighted by Gasteiger charge is 2.17. The molecule has 1 amide bonds. The number of amides is 1. The van der Waals surface area contributed by atoms with Crippen LogP contribution in [0.25, 0.3) is 10.9 Å². The highest BCUT2D eigenvalue weighted by molar-refractivity contribution is 5.92. The van der Waals surface area contributed by atoms with E-state index in [0.717, 1.165) is 37.9 Å². The molecule has 0 radical (unpaired) electrons. The van der Waals surface area contributed by atoms with Crippen molar-refractivity contribution in [3.05, 3.63) is 53.5 Å². The first kappa shape index (κ1) is 16.8. The number of carbonyl (C=O) groups is 1. The molecule has 0 spiro atoms. The zero-order chi connectivity index (χ0) is 17.9. The highest BCUT2D eigenvalue weighted by atomic mass is 16.1. The summed E-state index contributed by atoms with van der Waals surface area (Å²) in [6.45, 7) is 4.70. The summed E-state index contributed by atoms with van der Waals surface area (Å²) in [7, 11) is 0. The molecular weight excluding hydrogens is 326 g/mol. The summed E-state index contributed by atoms with van der Waals surface area (Å²) in [5.74, 6) is -0.107. The molecule has 136 valence electrons. The van der Waals surface area contributed by atoms with Gasteiger partial charge in [0.05, 0.1) is 6.04 Å². The molecule has 4 rings (SSSR count). The monoisotopic (exact) mass is 351 g/mol. The second-order valence-electron chi connectivity index (χ2n) is 7.00. The Morgan fingerprint density at radius 1 is 1.38 bits per heavy atom. The second kappa shape index (κ2) is 7.33. The number of rotatable bonds is 5. The Balaban J connectivity index is 1.36. The van der Waals surface area contributed by atoms with E-state index in [4.69, 9.17) is 0 Å². The maximum atomic E-state index is 12.4. The van der Waals surface area contributed by atoms with Crippen LogP contribution in [0.2, 0.25) is 0 Å². The van der Waals surface area contributed by atoms with Gasteiger partial charge in [-0.3, -0.25) is 9.48 Å². The minimum absolute atomic E-state index is 0.107. The van der Waals surface area contributed by atoms with Crippen molar-refractivity contribution < 1.29 is 4.79 Å². The number of benzene rings is 1. The Morgan fingerprint density at radius 2 is 2.31 bits per heavy atom. The van der Waals surface area contributed by atoms with Crippen molar-refractivity contribution in [2.24, 2.45) is 0 Å². The number of hydrogen-bond acceptors (Lipinski definition) is 3. The standard InChI is InChI=1S/C20H25N5O/c1-14-4-2-6-17-19(14)15(12-23-17)7-10-22-20(26)18-8-11-25(24-18)16-5-3-9-21-13-16/h2,4,6,8,11-12,16,21,23H,3,5,7,9-10,13H2,1H3,(H,22,26). The fraction of sp³-hybridized carbons (Fsp3) is 0.400. The molecule has 0 bridgehead atoms. The first-order valence-electron chi connectivity index (χ1n) is 9.32. The molecule has 0 aliphatic carbocycles. The minimum Gasteiger partial charge on any atom is -0.361 e. The Morgan fingerprint density at radius 3 is 3.15 bits per heavy atom. The third-order valence-electron chi connectivity index (χ3n) is 5.16. The molecule has 1 fully saturated rings. The van der Waals surface area contributed by atoms with Crippen molar-refractivity contribution in [1.29, 1.82) is 0 Å². The lowest BCUT2D eigenvalue weighted by Gasteiger charge is -2.22. The number of H-pyrrole nitrogens is 1. The molecule has 3 N–H and O–H groups in total. The van der Waals surface area contributed by atoms with Crippen molar-refractivity contribution in [3.63, 3.8) is 0 Å². The number of aromatic nitrogens is 3. The zero-order valence-electron chi connectivity index (χ0n) is 15.1. The quantitative estimate of drug-likeness (QED) is 0.661. The van der Waals surface area contributed by atoms with Crippen molar-refractivity contribution in [3.8, 4) is 0 Å². The average Bonchev–Trinajstić information content (AvgIpc) is 3.31. The second-order valence-corrected chi connectivity index (χ2v) is 7.00. The summed E-state index contributed by atoms with van der Waals surface area (Å²) in [6.07, 6.45) is 7.00. The average molecular weight is 351 g/mol. The number of nitrogens with zero attached hydrogens (tertiary/aromatic N) is 2. The molecule has 3 heterocycles. The summed E-state index contributed by atoms with van der Waals surface area (Å²) in [5.41, 5.74) is 4.12. The van der Waals surface area contributed by atoms with E-state index < -0.39 is 0 Å². The van der Waals surface area contributed by atoms with Gasteiger partial charge in [0.25, 0.3) is 5.91 Å². The van der Waals surface area contributed by atoms with E-state index in [1.807, 2.05) is 17.1 Å². The van der Waals surface area contributed by atoms with E-state index in [-0.39, 0.29) is 5.91 Å². The van der Waals surface area contributed by atoms with Gasteiger partial charge in [0, 0.05) is 36.4 Å². The smallest absolute Gasteiger partial charge is 0.271 e. The van der Waals surface area contributed by atoms with Gasteiger partial charge in [-0.05, 0) is 56.0 Å². The number of piperidine rings is 1. The van der Waals surface area contributed by atoms with Gasteiger partial charge in [-0.25, -0.2) is 0 Å². The van der Waals surface area contributed by atoms with Crippen LogP contribution >= 0.6 is 0 Å². The van der Waals surface area contributed by atoms with E-state index in [9.17, 15) is 4.79 Å². The Kier molecular flexibility index (Phi) is 4.75. The maximum Gasteiger partial charge on any atom is 0.271 e. The SMILES string of the molecule is Cc1cccc2[nH]cc(CCNC(=O)c3ccn(C4CCCNC4)n3)c12. The third kappa shape index (κ3) is 3.37. The van der Waals surface area contributed by atoms with E-state index >= 15 is 0 Å². The topological polar surface area (TPSA) is 74.7 Å². The van der Waals surface area contributed by atoms with Gasteiger partial charge in [0.1, 0.15) is 5.69 Å². The van der Waals surface area contributed by atoms with Crippen molar-refractivity contribution >= 4 is 16.8 Å². The predicted molar refractivity (Wildman–Crippen MR) is 102 cm³/mol. The van der Waals surface area contributed by atoms with Crippen molar-refractivity contribution in [2.75, 3.05) is 19.6 Å². The van der Waals surface area contributed by atoms with Gasteiger partial charge in [0.15, 0.2) is 0 Å². The van der Waals surface area contributed by atoms with Gasteiger partial charge >= 0.3 is 0 Å². The molecular formula is C20H25N5O. The largest absolute Gasteiger partial charge is 0.361 e. The van der Waals surface area contributed by atoms with Crippen LogP contribution in [-0.2, 0) is 6.42 Å². The van der Waals surface area contributed by atoms with E-state index in [1.165, 1.54) is 16.5 Å². The normalized spacial score (nSPS) is 17.5. The van der Waals surface area contributed by atoms with Crippen molar-refractivity contribution in [1.82, 2.24) is 25.4 Å². The molecule has 1 saturated heterocycles. The molecule has 1 unspecified atom stereocenters. The number of nitrogens with one attached hydrogen (secondary N) is 3. The number of fused-ring (bicyclic) bond motifs is 1. The number of hydrogen-bond donors (Lipinski definition) is 3. The summed E-state index contributed by atoms with van der Waals surface area (Å²) in [6, 6.07) is 8.40. The summed E-state index contributed by atoms with van der Waals surface area (Å²) in [4.78, 5) is 15.7. The Labute approximate surface area is 153 Å². The first-order chi connectivity index (χ1) is 12.7. The van der Waals surface area contributed by atoms with Crippen LogP contribution in [0, 0.1) is 6.92 Å². The molecule has 3 aromatic rings. The Hall–Kier alpha value is -2.60. The number of carbonyl (C=O) groups excluding carboxylic acids is 1. The summed E-state index contributed by atoms with van der Waals surface area (Å²) < 4.78 is 1.92. The third-order valence-corrected chi connectivity index (χ3v) is 5.16. The van der Waals surface area contributed by atoms with E-state index in [0.29, 0.717) is 18.3 Å². The van der Waals surface area contributed by atoms with Crippen LogP contribution in [0.3, 0.4) is 0 Å². The maximum absolute atomic E-state index is 12.4. The van der Waals surface area contributed by atoms with Crippen LogP contribution in [0.15, 0.2) is 36.7 Å². The van der Waals surface area contributed by atoms with Crippen LogP contribution in [0.5, 0.6) is 0 Å². The van der Waals surface area contributed by atoms with Gasteiger partial charge in [-0.2, -0.15) is 5.10 Å². The summed E-state index contributed by atoms with van der Waals surface area (Å²) in [5, 5.41) is 12.1. The lowest BCUT2D eigenvalue weighted by Crippen LogP contribution is -2.32. The van der Waals surface area contributed by atoms with Gasteiger partial charge in [-0.15, -0.1) is 0 Å². The lowest BCUT2D eigenvalue weighted by molar-refractivity contribution is 0.0948. The minimum atomic E-state index is -0.107. The summed E-state index contributed by atoms with van der Waals surface area (Å²) >= 11 is 0. The first-order valence-corrected chi connectivity index (χ1v) is 9.32. The number of aromatic amines is 1. The molecule has 1 aromatic carbocycles. The fourth-order valence-electron chi connectivity index (χ4n) is 3.77. The van der Waals surface area contributed by atoms with Gasteiger partial charge in [0.2, 0.25) is 0 Å². The molecule has 1 aliphatic heterocycles. The lowest BCUT2D eigenvalue weighted by atomic mass is 10.1. The molecule has 2 aromatic heterocycles. The van der Waals surface area contributed by atoms with Crippen LogP contribution < -0.4 is 10.6 Å². The van der Waals surface area contributed by atoms with Crippen LogP contribution in [0.4, 0.5) is 0 Å². The number of aryl methyl sites for hydroxylation is 1. The highest BCUT2D eigenvalue weighted by Crippen LogP contribution is 2.22. The van der Waals surface area contributed by atoms with Crippen LogP contribution in [-0.4, -0.2) is 40.3 Å². The van der Waals surface area contributed by atoms with E-state index in [1.54, 1.807) is 6.07 Å². The molecule has 6 nitrogen and oxygen atoms in total. The molecule has 0 saturated carbocycles. The van der Waals surface area contributed by atoms with Crippen LogP contribution in [0.1, 0.15) is 40.5 Å². The predicted octanol–water partition coefficient (Wildman–Crippen LogP) is 2.57. The molecule has 1 aliphatic rings. The molecule has 6 heteroatoms. The zero-order valence-corrected chi connectivity index (χ0v) is 15.1. The molecule has 1 atom stereocenters. The van der Waals surface area contributed by atoms with Gasteiger partial charge in [-0.1, -0.05) is 12.1 Å². The Bertz CT molecular complexity index is 904. The van der Waals surface area contributed by atoms with E-state index in [2.05, 4.69) is 45.8 Å². The fourth-order valence-corrected chi connectivity index (χ4v) is 3.77. The van der Waals surface area contributed by atoms with Crippen molar-refractivity contribution in [2.45, 2.75) is 32.2 Å². The van der Waals surface area contributed by atoms with Gasteiger partial charge < -0.3 is 15.6 Å². The molecule has 26 heavy (non-hydrogen) atoms.